The number of primary amides is 1. The van der Waals surface area contributed by atoms with Crippen molar-refractivity contribution in [1.82, 2.24) is 14.5 Å². The SMILES string of the molecule is NC(=O)NCC(=O)N1CCc2c(cccc2S(=O)(=O)N2CCOCC2)C1. The molecule has 0 radical (unpaired) electrons. The predicted molar refractivity (Wildman–Crippen MR) is 92.7 cm³/mol. The van der Waals surface area contributed by atoms with Crippen LogP contribution in [0.25, 0.3) is 0 Å². The lowest BCUT2D eigenvalue weighted by Crippen LogP contribution is -2.44. The number of hydrogen-bond donors (Lipinski definition) is 2. The van der Waals surface area contributed by atoms with Crippen LogP contribution in [0.4, 0.5) is 4.79 Å². The number of hydrogen-bond acceptors (Lipinski definition) is 5. The van der Waals surface area contributed by atoms with Gasteiger partial charge in [0.2, 0.25) is 15.9 Å². The second kappa shape index (κ2) is 7.60. The van der Waals surface area contributed by atoms with Gasteiger partial charge >= 0.3 is 6.03 Å². The van der Waals surface area contributed by atoms with Crippen LogP contribution in [0.1, 0.15) is 11.1 Å². The summed E-state index contributed by atoms with van der Waals surface area (Å²) in [6.07, 6.45) is 0.442. The van der Waals surface area contributed by atoms with E-state index in [1.807, 2.05) is 6.07 Å². The van der Waals surface area contributed by atoms with Crippen LogP contribution in [0, 0.1) is 0 Å². The van der Waals surface area contributed by atoms with Crippen molar-refractivity contribution in [2.45, 2.75) is 17.9 Å². The number of fused-ring (bicyclic) bond motifs is 1. The van der Waals surface area contributed by atoms with Gasteiger partial charge in [0.25, 0.3) is 0 Å². The van der Waals surface area contributed by atoms with Crippen molar-refractivity contribution < 1.29 is 22.7 Å². The molecule has 0 unspecified atom stereocenters. The first-order valence-corrected chi connectivity index (χ1v) is 9.83. The smallest absolute Gasteiger partial charge is 0.312 e. The number of rotatable bonds is 4. The molecule has 1 fully saturated rings. The number of carbonyl (C=O) groups excluding carboxylic acids is 2. The summed E-state index contributed by atoms with van der Waals surface area (Å²) in [6.45, 7) is 2.00. The molecule has 2 aliphatic rings. The summed E-state index contributed by atoms with van der Waals surface area (Å²) in [7, 11) is -3.59. The average Bonchev–Trinajstić information content (AvgIpc) is 2.65. The van der Waals surface area contributed by atoms with E-state index in [1.54, 1.807) is 17.0 Å². The molecule has 0 atom stereocenters. The van der Waals surface area contributed by atoms with Gasteiger partial charge in [0.1, 0.15) is 0 Å². The Hall–Kier alpha value is -2.17. The van der Waals surface area contributed by atoms with Crippen molar-refractivity contribution in [3.63, 3.8) is 0 Å². The fourth-order valence-electron chi connectivity index (χ4n) is 3.23. The molecule has 0 aliphatic carbocycles. The molecule has 3 N–H and O–H groups in total. The van der Waals surface area contributed by atoms with Crippen molar-refractivity contribution >= 4 is 22.0 Å². The normalized spacial score (nSPS) is 18.2. The Labute approximate surface area is 152 Å². The third-order valence-electron chi connectivity index (χ3n) is 4.58. The van der Waals surface area contributed by atoms with Gasteiger partial charge in [-0.25, -0.2) is 13.2 Å². The molecular weight excluding hydrogens is 360 g/mol. The molecule has 0 saturated carbocycles. The zero-order valence-electron chi connectivity index (χ0n) is 14.3. The maximum atomic E-state index is 13.0. The summed E-state index contributed by atoms with van der Waals surface area (Å²) in [5, 5.41) is 2.28. The van der Waals surface area contributed by atoms with Crippen LogP contribution in [0.15, 0.2) is 23.1 Å². The standard InChI is InChI=1S/C16H22N4O5S/c17-16(22)18-10-15(21)19-5-4-13-12(11-19)2-1-3-14(13)26(23,24)20-6-8-25-9-7-20/h1-3H,4-11H2,(H3,17,18,22). The molecule has 9 nitrogen and oxygen atoms in total. The average molecular weight is 382 g/mol. The third-order valence-corrected chi connectivity index (χ3v) is 6.56. The van der Waals surface area contributed by atoms with Crippen LogP contribution >= 0.6 is 0 Å². The number of ether oxygens (including phenoxy) is 1. The number of sulfonamides is 1. The maximum Gasteiger partial charge on any atom is 0.312 e. The Morgan fingerprint density at radius 2 is 1.92 bits per heavy atom. The Balaban J connectivity index is 1.80. The van der Waals surface area contributed by atoms with Crippen LogP contribution in [-0.2, 0) is 32.5 Å². The second-order valence-corrected chi connectivity index (χ2v) is 8.10. The fraction of sp³-hybridized carbons (Fsp3) is 0.500. The van der Waals surface area contributed by atoms with E-state index in [1.165, 1.54) is 4.31 Å². The Bertz CT molecular complexity index is 805. The van der Waals surface area contributed by atoms with E-state index in [0.717, 1.165) is 11.1 Å². The molecule has 1 saturated heterocycles. The van der Waals surface area contributed by atoms with Gasteiger partial charge in [-0.15, -0.1) is 0 Å². The van der Waals surface area contributed by atoms with Crippen molar-refractivity contribution in [3.8, 4) is 0 Å². The van der Waals surface area contributed by atoms with E-state index in [4.69, 9.17) is 10.5 Å². The lowest BCUT2D eigenvalue weighted by atomic mass is 10.00. The molecule has 1 aromatic rings. The van der Waals surface area contributed by atoms with Gasteiger partial charge in [-0.05, 0) is 23.6 Å². The van der Waals surface area contributed by atoms with Gasteiger partial charge in [0.05, 0.1) is 24.7 Å². The number of morpholine rings is 1. The molecule has 0 bridgehead atoms. The number of urea groups is 1. The van der Waals surface area contributed by atoms with Gasteiger partial charge in [-0.2, -0.15) is 4.31 Å². The van der Waals surface area contributed by atoms with Crippen LogP contribution in [0.5, 0.6) is 0 Å². The van der Waals surface area contributed by atoms with E-state index in [-0.39, 0.29) is 12.5 Å². The lowest BCUT2D eigenvalue weighted by Gasteiger charge is -2.32. The fourth-order valence-corrected chi connectivity index (χ4v) is 4.93. The van der Waals surface area contributed by atoms with Crippen LogP contribution in [0.2, 0.25) is 0 Å². The monoisotopic (exact) mass is 382 g/mol. The molecule has 3 rings (SSSR count). The first-order chi connectivity index (χ1) is 12.4. The van der Waals surface area contributed by atoms with Crippen molar-refractivity contribution in [3.05, 3.63) is 29.3 Å². The summed E-state index contributed by atoms with van der Waals surface area (Å²) in [4.78, 5) is 24.8. The molecule has 2 aliphatic heterocycles. The van der Waals surface area contributed by atoms with Crippen LogP contribution < -0.4 is 11.1 Å². The van der Waals surface area contributed by atoms with Crippen molar-refractivity contribution in [2.24, 2.45) is 5.73 Å². The first kappa shape index (κ1) is 18.6. The molecule has 0 spiro atoms. The Kier molecular flexibility index (Phi) is 5.44. The maximum absolute atomic E-state index is 13.0. The van der Waals surface area contributed by atoms with E-state index in [9.17, 15) is 18.0 Å². The highest BCUT2D eigenvalue weighted by Gasteiger charge is 2.31. The van der Waals surface area contributed by atoms with Gasteiger partial charge in [0.15, 0.2) is 0 Å². The lowest BCUT2D eigenvalue weighted by molar-refractivity contribution is -0.131. The summed E-state index contributed by atoms with van der Waals surface area (Å²) < 4.78 is 32.6. The highest BCUT2D eigenvalue weighted by Crippen LogP contribution is 2.28. The van der Waals surface area contributed by atoms with Crippen molar-refractivity contribution in [1.29, 1.82) is 0 Å². The molecule has 142 valence electrons. The van der Waals surface area contributed by atoms with Gasteiger partial charge in [-0.1, -0.05) is 12.1 Å². The van der Waals surface area contributed by atoms with E-state index in [0.29, 0.717) is 50.7 Å². The second-order valence-electron chi connectivity index (χ2n) is 6.19. The van der Waals surface area contributed by atoms with E-state index in [2.05, 4.69) is 5.32 Å². The Morgan fingerprint density at radius 3 is 2.62 bits per heavy atom. The zero-order chi connectivity index (χ0) is 18.7. The van der Waals surface area contributed by atoms with Crippen molar-refractivity contribution in [2.75, 3.05) is 39.4 Å². The highest BCUT2D eigenvalue weighted by molar-refractivity contribution is 7.89. The van der Waals surface area contributed by atoms with Crippen LogP contribution in [-0.4, -0.2) is 69.0 Å². The number of carbonyl (C=O) groups is 2. The summed E-state index contributed by atoms with van der Waals surface area (Å²) in [5.74, 6) is -0.254. The number of amides is 3. The molecule has 26 heavy (non-hydrogen) atoms. The minimum atomic E-state index is -3.59. The first-order valence-electron chi connectivity index (χ1n) is 8.39. The minimum Gasteiger partial charge on any atom is -0.379 e. The largest absolute Gasteiger partial charge is 0.379 e. The van der Waals surface area contributed by atoms with Gasteiger partial charge in [0, 0.05) is 26.2 Å². The Morgan fingerprint density at radius 1 is 1.19 bits per heavy atom. The number of benzene rings is 1. The van der Waals surface area contributed by atoms with E-state index >= 15 is 0 Å². The van der Waals surface area contributed by atoms with E-state index < -0.39 is 16.1 Å². The van der Waals surface area contributed by atoms with Gasteiger partial charge in [-0.3, -0.25) is 4.79 Å². The molecule has 2 heterocycles. The zero-order valence-corrected chi connectivity index (χ0v) is 15.1. The minimum absolute atomic E-state index is 0.170. The summed E-state index contributed by atoms with van der Waals surface area (Å²) in [6, 6.07) is 4.39. The third kappa shape index (κ3) is 3.81. The number of nitrogens with two attached hydrogens (primary N) is 1. The number of nitrogens with one attached hydrogen (secondary N) is 1. The molecule has 0 aromatic heterocycles. The highest BCUT2D eigenvalue weighted by atomic mass is 32.2. The molecule has 10 heteroatoms. The van der Waals surface area contributed by atoms with Crippen LogP contribution in [0.3, 0.4) is 0 Å². The number of nitrogens with zero attached hydrogens (tertiary/aromatic N) is 2. The molecular formula is C16H22N4O5S. The predicted octanol–water partition coefficient (Wildman–Crippen LogP) is -0.739. The quantitative estimate of drug-likeness (QED) is 0.710. The topological polar surface area (TPSA) is 122 Å². The van der Waals surface area contributed by atoms with Gasteiger partial charge < -0.3 is 20.7 Å². The molecule has 1 aromatic carbocycles. The molecule has 3 amide bonds. The summed E-state index contributed by atoms with van der Waals surface area (Å²) in [5.41, 5.74) is 6.54. The summed E-state index contributed by atoms with van der Waals surface area (Å²) >= 11 is 0.